The molecule has 0 fully saturated rings. The van der Waals surface area contributed by atoms with E-state index in [0.29, 0.717) is 12.5 Å². The smallest absolute Gasteiger partial charge is 0.215 e. The topological polar surface area (TPSA) is 63.7 Å². The standard InChI is InChI=1S/C18H29BrN4OSi/c1-17(2,3)18(20)22-15(19)8-10-23(18)14-7-9-21-16(13-14)24-11-12-25(4,5)6/h7-10,13H,11-12,20H2,1-6H3. The molecule has 1 aromatic rings. The maximum atomic E-state index is 6.71. The van der Waals surface area contributed by atoms with E-state index in [9.17, 15) is 0 Å². The van der Waals surface area contributed by atoms with E-state index < -0.39 is 13.9 Å². The number of aromatic nitrogens is 1. The first-order valence-electron chi connectivity index (χ1n) is 8.53. The van der Waals surface area contributed by atoms with Gasteiger partial charge in [-0.05, 0) is 34.1 Å². The Kier molecular flexibility index (Phi) is 5.80. The molecule has 1 atom stereocenters. The molecule has 2 N–H and O–H groups in total. The number of anilines is 1. The Balaban J connectivity index is 2.26. The van der Waals surface area contributed by atoms with E-state index in [1.807, 2.05) is 29.3 Å². The zero-order chi connectivity index (χ0) is 18.9. The fourth-order valence-electron chi connectivity index (χ4n) is 2.41. The van der Waals surface area contributed by atoms with Crippen LogP contribution in [0.25, 0.3) is 0 Å². The first-order chi connectivity index (χ1) is 11.4. The molecule has 0 spiro atoms. The third-order valence-corrected chi connectivity index (χ3v) is 6.35. The van der Waals surface area contributed by atoms with Crippen LogP contribution in [-0.4, -0.2) is 30.1 Å². The second-order valence-corrected chi connectivity index (χ2v) is 15.0. The van der Waals surface area contributed by atoms with Gasteiger partial charge in [-0.25, -0.2) is 9.98 Å². The molecular formula is C18H29BrN4OSi. The molecule has 5 nitrogen and oxygen atoms in total. The molecule has 0 bridgehead atoms. The molecule has 1 aliphatic heterocycles. The van der Waals surface area contributed by atoms with Gasteiger partial charge in [-0.2, -0.15) is 0 Å². The number of halogens is 1. The predicted octanol–water partition coefficient (Wildman–Crippen LogP) is 4.58. The van der Waals surface area contributed by atoms with Gasteiger partial charge in [0.05, 0.1) is 12.3 Å². The van der Waals surface area contributed by atoms with Crippen molar-refractivity contribution in [1.82, 2.24) is 4.98 Å². The summed E-state index contributed by atoms with van der Waals surface area (Å²) in [5.74, 6) is -0.286. The highest BCUT2D eigenvalue weighted by Crippen LogP contribution is 2.39. The fraction of sp³-hybridized carbons (Fsp3) is 0.556. The number of aliphatic imine (C=N–C) groups is 1. The molecule has 0 saturated heterocycles. The van der Waals surface area contributed by atoms with Crippen molar-refractivity contribution in [3.63, 3.8) is 0 Å². The van der Waals surface area contributed by atoms with Crippen LogP contribution < -0.4 is 15.4 Å². The summed E-state index contributed by atoms with van der Waals surface area (Å²) in [5.41, 5.74) is 7.35. The Hall–Kier alpha value is -1.18. The molecule has 0 aliphatic carbocycles. The quantitative estimate of drug-likeness (QED) is 0.702. The van der Waals surface area contributed by atoms with Gasteiger partial charge in [-0.1, -0.05) is 40.4 Å². The van der Waals surface area contributed by atoms with Crippen molar-refractivity contribution in [2.45, 2.75) is 52.2 Å². The SMILES string of the molecule is CC(C)(C)C1(N)N=C(Br)C=CN1c1ccnc(OCC[Si](C)(C)C)c1. The summed E-state index contributed by atoms with van der Waals surface area (Å²) in [4.78, 5) is 11.0. The molecule has 7 heteroatoms. The summed E-state index contributed by atoms with van der Waals surface area (Å²) >= 11 is 3.45. The molecule has 1 unspecified atom stereocenters. The van der Waals surface area contributed by atoms with Crippen molar-refractivity contribution >= 4 is 34.3 Å². The summed E-state index contributed by atoms with van der Waals surface area (Å²) in [7, 11) is -1.13. The second-order valence-electron chi connectivity index (χ2n) is 8.61. The normalized spacial score (nSPS) is 21.3. The monoisotopic (exact) mass is 424 g/mol. The molecule has 25 heavy (non-hydrogen) atoms. The van der Waals surface area contributed by atoms with Gasteiger partial charge in [-0.3, -0.25) is 5.73 Å². The molecule has 1 aliphatic rings. The number of pyridine rings is 1. The van der Waals surface area contributed by atoms with E-state index in [1.165, 1.54) is 0 Å². The molecule has 0 radical (unpaired) electrons. The zero-order valence-corrected chi connectivity index (χ0v) is 18.6. The molecular weight excluding hydrogens is 396 g/mol. The van der Waals surface area contributed by atoms with Crippen LogP contribution in [0.2, 0.25) is 25.7 Å². The number of allylic oxidation sites excluding steroid dienone is 1. The highest BCUT2D eigenvalue weighted by Gasteiger charge is 2.44. The lowest BCUT2D eigenvalue weighted by atomic mass is 9.85. The van der Waals surface area contributed by atoms with E-state index in [4.69, 9.17) is 10.5 Å². The summed E-state index contributed by atoms with van der Waals surface area (Å²) in [6.07, 6.45) is 5.59. The molecule has 0 amide bonds. The molecule has 0 saturated carbocycles. The van der Waals surface area contributed by atoms with Gasteiger partial charge in [0.1, 0.15) is 4.62 Å². The van der Waals surface area contributed by atoms with E-state index in [0.717, 1.165) is 16.4 Å². The van der Waals surface area contributed by atoms with Gasteiger partial charge >= 0.3 is 0 Å². The number of rotatable bonds is 5. The highest BCUT2D eigenvalue weighted by atomic mass is 79.9. The Morgan fingerprint density at radius 2 is 2.00 bits per heavy atom. The van der Waals surface area contributed by atoms with Crippen LogP contribution in [-0.2, 0) is 0 Å². The number of ether oxygens (including phenoxy) is 1. The third-order valence-electron chi connectivity index (χ3n) is 4.21. The highest BCUT2D eigenvalue weighted by molar-refractivity contribution is 9.18. The maximum Gasteiger partial charge on any atom is 0.215 e. The van der Waals surface area contributed by atoms with Crippen molar-refractivity contribution in [3.05, 3.63) is 30.6 Å². The lowest BCUT2D eigenvalue weighted by Gasteiger charge is -2.47. The largest absolute Gasteiger partial charge is 0.478 e. The number of nitrogens with two attached hydrogens (primary N) is 1. The van der Waals surface area contributed by atoms with Crippen molar-refractivity contribution in [1.29, 1.82) is 0 Å². The first-order valence-corrected chi connectivity index (χ1v) is 13.0. The fourth-order valence-corrected chi connectivity index (χ4v) is 3.51. The van der Waals surface area contributed by atoms with E-state index in [1.54, 1.807) is 6.20 Å². The van der Waals surface area contributed by atoms with Gasteiger partial charge in [0.2, 0.25) is 5.88 Å². The Labute approximate surface area is 160 Å². The van der Waals surface area contributed by atoms with Gasteiger partial charge in [-0.15, -0.1) is 0 Å². The molecule has 2 rings (SSSR count). The van der Waals surface area contributed by atoms with Crippen molar-refractivity contribution in [2.75, 3.05) is 11.5 Å². The van der Waals surface area contributed by atoms with Crippen LogP contribution in [0, 0.1) is 5.41 Å². The number of nitrogens with zero attached hydrogens (tertiary/aromatic N) is 3. The van der Waals surface area contributed by atoms with Crippen LogP contribution in [0.4, 0.5) is 5.69 Å². The molecule has 1 aromatic heterocycles. The second kappa shape index (κ2) is 7.21. The van der Waals surface area contributed by atoms with Gasteiger partial charge in [0.25, 0.3) is 0 Å². The van der Waals surface area contributed by atoms with E-state index in [-0.39, 0.29) is 5.41 Å². The minimum absolute atomic E-state index is 0.279. The maximum absolute atomic E-state index is 6.71. The zero-order valence-electron chi connectivity index (χ0n) is 16.0. The van der Waals surface area contributed by atoms with Crippen LogP contribution in [0.5, 0.6) is 5.88 Å². The van der Waals surface area contributed by atoms with Gasteiger partial charge < -0.3 is 9.64 Å². The van der Waals surface area contributed by atoms with E-state index in [2.05, 4.69) is 66.3 Å². The van der Waals surface area contributed by atoms with Crippen LogP contribution >= 0.6 is 15.9 Å². The predicted molar refractivity (Wildman–Crippen MR) is 112 cm³/mol. The lowest BCUT2D eigenvalue weighted by molar-refractivity contribution is 0.200. The Bertz CT molecular complexity index is 678. The van der Waals surface area contributed by atoms with Crippen molar-refractivity contribution in [2.24, 2.45) is 16.1 Å². The lowest BCUT2D eigenvalue weighted by Crippen LogP contribution is -2.62. The summed E-state index contributed by atoms with van der Waals surface area (Å²) in [6.45, 7) is 13.9. The average Bonchev–Trinajstić information content (AvgIpc) is 2.45. The van der Waals surface area contributed by atoms with Crippen LogP contribution in [0.15, 0.2) is 35.6 Å². The number of hydrogen-bond donors (Lipinski definition) is 1. The van der Waals surface area contributed by atoms with Gasteiger partial charge in [0.15, 0.2) is 5.79 Å². The van der Waals surface area contributed by atoms with Crippen molar-refractivity contribution in [3.8, 4) is 5.88 Å². The summed E-state index contributed by atoms with van der Waals surface area (Å²) in [5, 5.41) is 0. The van der Waals surface area contributed by atoms with E-state index >= 15 is 0 Å². The van der Waals surface area contributed by atoms with Crippen LogP contribution in [0.1, 0.15) is 20.8 Å². The summed E-state index contributed by atoms with van der Waals surface area (Å²) < 4.78 is 6.61. The molecule has 138 valence electrons. The van der Waals surface area contributed by atoms with Gasteiger partial charge in [0, 0.05) is 32.0 Å². The molecule has 0 aromatic carbocycles. The minimum Gasteiger partial charge on any atom is -0.478 e. The first kappa shape index (κ1) is 20.1. The van der Waals surface area contributed by atoms with Crippen molar-refractivity contribution < 1.29 is 4.74 Å². The average molecular weight is 425 g/mol. The Morgan fingerprint density at radius 3 is 2.60 bits per heavy atom. The Morgan fingerprint density at radius 1 is 1.32 bits per heavy atom. The molecule has 2 heterocycles. The van der Waals surface area contributed by atoms with Crippen LogP contribution in [0.3, 0.4) is 0 Å². The summed E-state index contributed by atoms with van der Waals surface area (Å²) in [6, 6.07) is 4.96. The minimum atomic E-state index is -1.13. The third kappa shape index (κ3) is 4.92. The number of hydrogen-bond acceptors (Lipinski definition) is 5.